The van der Waals surface area contributed by atoms with Crippen molar-refractivity contribution in [3.63, 3.8) is 0 Å². The van der Waals surface area contributed by atoms with Crippen molar-refractivity contribution in [2.24, 2.45) is 0 Å². The van der Waals surface area contributed by atoms with Gasteiger partial charge in [0, 0.05) is 11.9 Å². The number of anilines is 1. The molecule has 3 aromatic rings. The van der Waals surface area contributed by atoms with Gasteiger partial charge < -0.3 is 10.1 Å². The zero-order chi connectivity index (χ0) is 19.6. The van der Waals surface area contributed by atoms with Crippen molar-refractivity contribution in [3.05, 3.63) is 58.9 Å². The lowest BCUT2D eigenvalue weighted by atomic mass is 10.1. The van der Waals surface area contributed by atoms with Gasteiger partial charge in [-0.1, -0.05) is 18.2 Å². The van der Waals surface area contributed by atoms with E-state index >= 15 is 0 Å². The van der Waals surface area contributed by atoms with Crippen LogP contribution in [0.3, 0.4) is 0 Å². The molecule has 27 heavy (non-hydrogen) atoms. The third-order valence-electron chi connectivity index (χ3n) is 4.25. The second-order valence-electron chi connectivity index (χ2n) is 6.40. The summed E-state index contributed by atoms with van der Waals surface area (Å²) in [5.41, 5.74) is 3.00. The molecule has 0 aliphatic heterocycles. The number of hydrogen-bond acceptors (Lipinski definition) is 4. The van der Waals surface area contributed by atoms with Crippen molar-refractivity contribution in [1.29, 1.82) is 0 Å². The van der Waals surface area contributed by atoms with E-state index in [1.807, 2.05) is 37.3 Å². The number of aromatic nitrogens is 2. The average Bonchev–Trinajstić information content (AvgIpc) is 2.61. The molecule has 0 saturated heterocycles. The van der Waals surface area contributed by atoms with Crippen LogP contribution in [-0.4, -0.2) is 23.6 Å². The van der Waals surface area contributed by atoms with Crippen molar-refractivity contribution in [3.8, 4) is 5.75 Å². The maximum atomic E-state index is 13.2. The first kappa shape index (κ1) is 18.9. The molecule has 0 fully saturated rings. The Balaban J connectivity index is 1.89. The van der Waals surface area contributed by atoms with Crippen LogP contribution in [0.15, 0.2) is 36.4 Å². The van der Waals surface area contributed by atoms with Crippen LogP contribution in [0.1, 0.15) is 22.5 Å². The molecule has 0 spiro atoms. The highest BCUT2D eigenvalue weighted by atomic mass is 19.4. The highest BCUT2D eigenvalue weighted by Gasteiger charge is 2.35. The van der Waals surface area contributed by atoms with E-state index in [-0.39, 0.29) is 5.82 Å². The Labute approximate surface area is 155 Å². The normalized spacial score (nSPS) is 11.6. The molecule has 0 amide bonds. The molecule has 0 bridgehead atoms. The summed E-state index contributed by atoms with van der Waals surface area (Å²) >= 11 is 0. The minimum Gasteiger partial charge on any atom is -0.497 e. The summed E-state index contributed by atoms with van der Waals surface area (Å²) in [4.78, 5) is 7.49. The highest BCUT2D eigenvalue weighted by Crippen LogP contribution is 2.32. The molecule has 3 rings (SSSR count). The molecule has 4 nitrogen and oxygen atoms in total. The van der Waals surface area contributed by atoms with Crippen molar-refractivity contribution in [2.45, 2.75) is 26.4 Å². The van der Waals surface area contributed by atoms with Gasteiger partial charge in [-0.25, -0.2) is 9.97 Å². The minimum atomic E-state index is -4.60. The number of aryl methyl sites for hydroxylation is 2. The molecular formula is C20H20F3N3O. The van der Waals surface area contributed by atoms with Crippen LogP contribution in [0.2, 0.25) is 0 Å². The molecule has 142 valence electrons. The number of rotatable bonds is 5. The summed E-state index contributed by atoms with van der Waals surface area (Å²) in [6, 6.07) is 11.2. The summed E-state index contributed by atoms with van der Waals surface area (Å²) in [7, 11) is 1.60. The van der Waals surface area contributed by atoms with E-state index in [0.717, 1.165) is 16.9 Å². The molecule has 1 heterocycles. The number of benzene rings is 2. The lowest BCUT2D eigenvalue weighted by Gasteiger charge is -2.14. The fourth-order valence-corrected chi connectivity index (χ4v) is 2.96. The number of nitrogens with zero attached hydrogens (tertiary/aromatic N) is 2. The largest absolute Gasteiger partial charge is 0.497 e. The third kappa shape index (κ3) is 4.30. The first-order valence-corrected chi connectivity index (χ1v) is 8.51. The quantitative estimate of drug-likeness (QED) is 0.687. The fourth-order valence-electron chi connectivity index (χ4n) is 2.96. The van der Waals surface area contributed by atoms with Crippen LogP contribution in [0.25, 0.3) is 10.9 Å². The van der Waals surface area contributed by atoms with E-state index in [2.05, 4.69) is 15.3 Å². The standard InChI is InChI=1S/C20H20F3N3O/c1-12-10-13(2)17-16(11-12)18(26-19(25-17)20(21,22)23)24-9-8-14-4-6-15(27-3)7-5-14/h4-7,10-11H,8-9H2,1-3H3,(H,24,25,26). The summed E-state index contributed by atoms with van der Waals surface area (Å²) < 4.78 is 44.7. The van der Waals surface area contributed by atoms with Crippen LogP contribution in [0.5, 0.6) is 5.75 Å². The molecule has 0 saturated carbocycles. The van der Waals surface area contributed by atoms with Crippen LogP contribution < -0.4 is 10.1 Å². The van der Waals surface area contributed by atoms with E-state index in [9.17, 15) is 13.2 Å². The van der Waals surface area contributed by atoms with E-state index in [1.165, 1.54) is 0 Å². The van der Waals surface area contributed by atoms with Gasteiger partial charge in [0.1, 0.15) is 11.6 Å². The number of halogens is 3. The topological polar surface area (TPSA) is 47.0 Å². The van der Waals surface area contributed by atoms with Gasteiger partial charge in [-0.2, -0.15) is 13.2 Å². The second kappa shape index (κ2) is 7.42. The second-order valence-corrected chi connectivity index (χ2v) is 6.40. The molecular weight excluding hydrogens is 355 g/mol. The SMILES string of the molecule is COc1ccc(CCNc2nc(C(F)(F)F)nc3c(C)cc(C)cc23)cc1. The summed E-state index contributed by atoms with van der Waals surface area (Å²) in [5, 5.41) is 3.64. The summed E-state index contributed by atoms with van der Waals surface area (Å²) in [6.07, 6.45) is -3.96. The molecule has 7 heteroatoms. The monoisotopic (exact) mass is 375 g/mol. The average molecular weight is 375 g/mol. The molecule has 0 radical (unpaired) electrons. The Kier molecular flexibility index (Phi) is 5.21. The molecule has 0 aliphatic carbocycles. The van der Waals surface area contributed by atoms with Gasteiger partial charge >= 0.3 is 6.18 Å². The highest BCUT2D eigenvalue weighted by molar-refractivity contribution is 5.91. The third-order valence-corrected chi connectivity index (χ3v) is 4.25. The van der Waals surface area contributed by atoms with Gasteiger partial charge in [-0.3, -0.25) is 0 Å². The molecule has 0 unspecified atom stereocenters. The number of fused-ring (bicyclic) bond motifs is 1. The Morgan fingerprint density at radius 1 is 1.04 bits per heavy atom. The lowest BCUT2D eigenvalue weighted by Crippen LogP contribution is -2.15. The maximum Gasteiger partial charge on any atom is 0.451 e. The molecule has 0 atom stereocenters. The molecule has 1 aromatic heterocycles. The van der Waals surface area contributed by atoms with E-state index in [0.29, 0.717) is 29.4 Å². The lowest BCUT2D eigenvalue weighted by molar-refractivity contribution is -0.144. The smallest absolute Gasteiger partial charge is 0.451 e. The zero-order valence-corrected chi connectivity index (χ0v) is 15.3. The van der Waals surface area contributed by atoms with Crippen LogP contribution in [-0.2, 0) is 12.6 Å². The predicted molar refractivity (Wildman–Crippen MR) is 99.2 cm³/mol. The van der Waals surface area contributed by atoms with Gasteiger partial charge in [0.2, 0.25) is 5.82 Å². The Hall–Kier alpha value is -2.83. The van der Waals surface area contributed by atoms with Crippen molar-refractivity contribution in [1.82, 2.24) is 9.97 Å². The van der Waals surface area contributed by atoms with Gasteiger partial charge in [0.05, 0.1) is 12.6 Å². The van der Waals surface area contributed by atoms with E-state index in [4.69, 9.17) is 4.74 Å². The Morgan fingerprint density at radius 2 is 1.74 bits per heavy atom. The summed E-state index contributed by atoms with van der Waals surface area (Å²) in [6.45, 7) is 4.09. The molecule has 0 aliphatic rings. The van der Waals surface area contributed by atoms with Crippen molar-refractivity contribution < 1.29 is 17.9 Å². The fraction of sp³-hybridized carbons (Fsp3) is 0.300. The van der Waals surface area contributed by atoms with Gasteiger partial charge in [0.15, 0.2) is 0 Å². The van der Waals surface area contributed by atoms with Crippen LogP contribution in [0, 0.1) is 13.8 Å². The van der Waals surface area contributed by atoms with Gasteiger partial charge in [-0.15, -0.1) is 0 Å². The van der Waals surface area contributed by atoms with Crippen molar-refractivity contribution in [2.75, 3.05) is 19.0 Å². The maximum absolute atomic E-state index is 13.2. The number of hydrogen-bond donors (Lipinski definition) is 1. The number of nitrogens with one attached hydrogen (secondary N) is 1. The minimum absolute atomic E-state index is 0.202. The van der Waals surface area contributed by atoms with Crippen molar-refractivity contribution >= 4 is 16.7 Å². The first-order chi connectivity index (χ1) is 12.8. The predicted octanol–water partition coefficient (Wildman–Crippen LogP) is 4.93. The van der Waals surface area contributed by atoms with Crippen LogP contribution >= 0.6 is 0 Å². The van der Waals surface area contributed by atoms with Gasteiger partial charge in [-0.05, 0) is 55.2 Å². The Morgan fingerprint density at radius 3 is 2.37 bits per heavy atom. The Bertz CT molecular complexity index is 953. The molecule has 2 aromatic carbocycles. The van der Waals surface area contributed by atoms with E-state index < -0.39 is 12.0 Å². The number of methoxy groups -OCH3 is 1. The summed E-state index contributed by atoms with van der Waals surface area (Å²) in [5.74, 6) is -0.171. The molecule has 1 N–H and O–H groups in total. The zero-order valence-electron chi connectivity index (χ0n) is 15.3. The first-order valence-electron chi connectivity index (χ1n) is 8.51. The number of ether oxygens (including phenoxy) is 1. The number of alkyl halides is 3. The van der Waals surface area contributed by atoms with Crippen LogP contribution in [0.4, 0.5) is 19.0 Å². The van der Waals surface area contributed by atoms with E-state index in [1.54, 1.807) is 20.1 Å². The van der Waals surface area contributed by atoms with Gasteiger partial charge in [0.25, 0.3) is 0 Å².